The molecule has 1 aliphatic rings. The summed E-state index contributed by atoms with van der Waals surface area (Å²) in [5.74, 6) is -4.99. The van der Waals surface area contributed by atoms with Gasteiger partial charge in [-0.15, -0.1) is 5.10 Å². The van der Waals surface area contributed by atoms with E-state index >= 15 is 0 Å². The first-order chi connectivity index (χ1) is 11.1. The Morgan fingerprint density at radius 2 is 2.04 bits per heavy atom. The lowest BCUT2D eigenvalue weighted by Crippen LogP contribution is -2.34. The van der Waals surface area contributed by atoms with Gasteiger partial charge in [-0.1, -0.05) is 16.8 Å². The van der Waals surface area contributed by atoms with Crippen molar-refractivity contribution in [2.45, 2.75) is 25.7 Å². The second-order valence-corrected chi connectivity index (χ2v) is 7.15. The predicted molar refractivity (Wildman–Crippen MR) is 78.3 cm³/mol. The summed E-state index contributed by atoms with van der Waals surface area (Å²) in [6.07, 6.45) is 0.524. The molecule has 1 amide bonds. The van der Waals surface area contributed by atoms with E-state index < -0.39 is 25.7 Å². The molecule has 0 aliphatic carbocycles. The molecule has 1 aliphatic heterocycles. The molecule has 0 bridgehead atoms. The van der Waals surface area contributed by atoms with Crippen LogP contribution in [0.15, 0.2) is 24.4 Å². The molecule has 1 aromatic carbocycles. The standard InChI is InChI=1S/C13H13F2N4O4P/c1-8-2-3-11-10(4-8)13(14,15)12(20)19(11)6-9-5-18(17-16-9)7-24(21,22)23/h2-5H,6-7H2,1H3,(H2,21,22,23). The molecule has 2 heterocycles. The molecule has 2 N–H and O–H groups in total. The van der Waals surface area contributed by atoms with Gasteiger partial charge in [0.15, 0.2) is 0 Å². The number of hydrogen-bond donors (Lipinski definition) is 2. The van der Waals surface area contributed by atoms with Crippen molar-refractivity contribution in [2.24, 2.45) is 0 Å². The molecule has 0 saturated heterocycles. The quantitative estimate of drug-likeness (QED) is 0.799. The third-order valence-electron chi connectivity index (χ3n) is 3.53. The molecule has 2 aromatic rings. The largest absolute Gasteiger partial charge is 0.352 e. The van der Waals surface area contributed by atoms with Crippen LogP contribution in [-0.2, 0) is 28.1 Å². The summed E-state index contributed by atoms with van der Waals surface area (Å²) in [5.41, 5.74) is 0.465. The van der Waals surface area contributed by atoms with Crippen molar-refractivity contribution in [2.75, 3.05) is 4.90 Å². The van der Waals surface area contributed by atoms with Gasteiger partial charge in [0.25, 0.3) is 0 Å². The van der Waals surface area contributed by atoms with Crippen LogP contribution in [0.3, 0.4) is 0 Å². The maximum Gasteiger partial charge on any atom is 0.352 e. The fraction of sp³-hybridized carbons (Fsp3) is 0.308. The number of aromatic nitrogens is 3. The average Bonchev–Trinajstić information content (AvgIpc) is 2.95. The molecular formula is C13H13F2N4O4P. The summed E-state index contributed by atoms with van der Waals surface area (Å²) in [6.45, 7) is 1.38. The number of aryl methyl sites for hydroxylation is 1. The fourth-order valence-electron chi connectivity index (χ4n) is 2.52. The number of halogens is 2. The second-order valence-electron chi connectivity index (χ2n) is 5.54. The van der Waals surface area contributed by atoms with Crippen LogP contribution in [0.2, 0.25) is 0 Å². The maximum absolute atomic E-state index is 14.2. The van der Waals surface area contributed by atoms with Gasteiger partial charge in [0.2, 0.25) is 0 Å². The highest BCUT2D eigenvalue weighted by molar-refractivity contribution is 7.50. The van der Waals surface area contributed by atoms with E-state index in [1.165, 1.54) is 18.3 Å². The topological polar surface area (TPSA) is 109 Å². The van der Waals surface area contributed by atoms with Crippen LogP contribution in [0.5, 0.6) is 0 Å². The Balaban J connectivity index is 1.89. The van der Waals surface area contributed by atoms with Crippen LogP contribution in [0.4, 0.5) is 14.5 Å². The van der Waals surface area contributed by atoms with Crippen molar-refractivity contribution in [3.8, 4) is 0 Å². The number of hydrogen-bond acceptors (Lipinski definition) is 4. The van der Waals surface area contributed by atoms with Crippen molar-refractivity contribution in [1.29, 1.82) is 0 Å². The van der Waals surface area contributed by atoms with E-state index in [0.717, 1.165) is 9.58 Å². The highest BCUT2D eigenvalue weighted by Gasteiger charge is 2.52. The molecule has 0 fully saturated rings. The number of carbonyl (C=O) groups is 1. The normalized spacial score (nSPS) is 16.5. The number of alkyl halides is 2. The van der Waals surface area contributed by atoms with Gasteiger partial charge in [-0.3, -0.25) is 9.36 Å². The minimum Gasteiger partial charge on any atom is -0.323 e. The SMILES string of the molecule is Cc1ccc2c(c1)C(F)(F)C(=O)N2Cc1cn(CP(=O)(O)O)nn1. The molecule has 0 saturated carbocycles. The molecule has 0 unspecified atom stereocenters. The van der Waals surface area contributed by atoms with E-state index in [1.807, 2.05) is 0 Å². The zero-order valence-corrected chi connectivity index (χ0v) is 13.3. The van der Waals surface area contributed by atoms with Crippen molar-refractivity contribution in [3.63, 3.8) is 0 Å². The summed E-state index contributed by atoms with van der Waals surface area (Å²) in [7, 11) is -4.34. The Labute approximate surface area is 134 Å². The first-order valence-electron chi connectivity index (χ1n) is 6.82. The Kier molecular flexibility index (Phi) is 3.78. The Hall–Kier alpha value is -2.16. The molecule has 24 heavy (non-hydrogen) atoms. The average molecular weight is 358 g/mol. The van der Waals surface area contributed by atoms with Crippen molar-refractivity contribution in [3.05, 3.63) is 41.2 Å². The lowest BCUT2D eigenvalue weighted by Gasteiger charge is -2.15. The fourth-order valence-corrected chi connectivity index (χ4v) is 3.03. The molecular weight excluding hydrogens is 345 g/mol. The van der Waals surface area contributed by atoms with E-state index in [0.29, 0.717) is 5.56 Å². The summed E-state index contributed by atoms with van der Waals surface area (Å²) in [6, 6.07) is 4.31. The molecule has 11 heteroatoms. The lowest BCUT2D eigenvalue weighted by atomic mass is 10.1. The first-order valence-corrected chi connectivity index (χ1v) is 8.62. The van der Waals surface area contributed by atoms with Gasteiger partial charge in [0.05, 0.1) is 24.0 Å². The molecule has 8 nitrogen and oxygen atoms in total. The predicted octanol–water partition coefficient (Wildman–Crippen LogP) is 1.36. The monoisotopic (exact) mass is 358 g/mol. The van der Waals surface area contributed by atoms with Crippen LogP contribution in [-0.4, -0.2) is 30.7 Å². The molecule has 128 valence electrons. The van der Waals surface area contributed by atoms with Crippen LogP contribution in [0.25, 0.3) is 0 Å². The Morgan fingerprint density at radius 3 is 2.71 bits per heavy atom. The van der Waals surface area contributed by atoms with E-state index in [4.69, 9.17) is 9.79 Å². The van der Waals surface area contributed by atoms with Crippen molar-refractivity contribution in [1.82, 2.24) is 15.0 Å². The van der Waals surface area contributed by atoms with Crippen LogP contribution >= 0.6 is 7.60 Å². The maximum atomic E-state index is 14.2. The molecule has 0 spiro atoms. The van der Waals surface area contributed by atoms with Gasteiger partial charge in [0.1, 0.15) is 12.0 Å². The number of fused-ring (bicyclic) bond motifs is 1. The molecule has 0 radical (unpaired) electrons. The second kappa shape index (κ2) is 5.44. The third kappa shape index (κ3) is 2.95. The summed E-state index contributed by atoms with van der Waals surface area (Å²) in [5, 5.41) is 7.19. The van der Waals surface area contributed by atoms with E-state index in [2.05, 4.69) is 10.3 Å². The van der Waals surface area contributed by atoms with Gasteiger partial charge in [-0.05, 0) is 19.1 Å². The van der Waals surface area contributed by atoms with Gasteiger partial charge in [0, 0.05) is 0 Å². The number of anilines is 1. The van der Waals surface area contributed by atoms with Gasteiger partial charge < -0.3 is 14.7 Å². The first kappa shape index (κ1) is 16.7. The zero-order valence-electron chi connectivity index (χ0n) is 12.4. The minimum absolute atomic E-state index is 0.0835. The number of benzene rings is 1. The Bertz CT molecular complexity index is 863. The van der Waals surface area contributed by atoms with E-state index in [9.17, 15) is 18.1 Å². The minimum atomic E-state index is -4.34. The highest BCUT2D eigenvalue weighted by Crippen LogP contribution is 2.45. The number of carbonyl (C=O) groups excluding carboxylic acids is 1. The van der Waals surface area contributed by atoms with Gasteiger partial charge in [-0.2, -0.15) is 8.78 Å². The van der Waals surface area contributed by atoms with E-state index in [-0.39, 0.29) is 23.5 Å². The summed E-state index contributed by atoms with van der Waals surface area (Å²) < 4.78 is 40.1. The van der Waals surface area contributed by atoms with Gasteiger partial charge >= 0.3 is 19.4 Å². The van der Waals surface area contributed by atoms with E-state index in [1.54, 1.807) is 13.0 Å². The zero-order chi connectivity index (χ0) is 17.7. The van der Waals surface area contributed by atoms with Crippen LogP contribution in [0.1, 0.15) is 16.8 Å². The number of nitrogens with zero attached hydrogens (tertiary/aromatic N) is 4. The van der Waals surface area contributed by atoms with Crippen molar-refractivity contribution < 1.29 is 27.9 Å². The van der Waals surface area contributed by atoms with Crippen LogP contribution < -0.4 is 4.90 Å². The third-order valence-corrected chi connectivity index (χ3v) is 4.19. The Morgan fingerprint density at radius 1 is 1.33 bits per heavy atom. The van der Waals surface area contributed by atoms with Crippen LogP contribution in [0, 0.1) is 6.92 Å². The summed E-state index contributed by atoms with van der Waals surface area (Å²) >= 11 is 0. The van der Waals surface area contributed by atoms with Crippen molar-refractivity contribution >= 4 is 19.2 Å². The lowest BCUT2D eigenvalue weighted by molar-refractivity contribution is -0.141. The molecule has 1 aromatic heterocycles. The molecule has 0 atom stereocenters. The number of rotatable bonds is 4. The summed E-state index contributed by atoms with van der Waals surface area (Å²) in [4.78, 5) is 30.7. The smallest absolute Gasteiger partial charge is 0.323 e. The number of amides is 1. The molecule has 3 rings (SSSR count). The highest BCUT2D eigenvalue weighted by atomic mass is 31.2. The van der Waals surface area contributed by atoms with Gasteiger partial charge in [-0.25, -0.2) is 4.68 Å².